The molecule has 2 heterocycles. The number of aliphatic hydroxyl groups is 7. The van der Waals surface area contributed by atoms with Gasteiger partial charge in [-0.15, -0.1) is 0 Å². The molecule has 2 saturated heterocycles. The summed E-state index contributed by atoms with van der Waals surface area (Å²) in [4.78, 5) is 24.8. The first-order chi connectivity index (χ1) is 22.5. The Morgan fingerprint density at radius 1 is 0.702 bits per heavy atom. The van der Waals surface area contributed by atoms with Crippen molar-refractivity contribution in [3.63, 3.8) is 0 Å². The molecule has 11 atom stereocenters. The number of rotatable bonds is 22. The van der Waals surface area contributed by atoms with Gasteiger partial charge >= 0.3 is 11.9 Å². The van der Waals surface area contributed by atoms with Gasteiger partial charge in [0.1, 0.15) is 55.4 Å². The molecule has 0 saturated carbocycles. The average Bonchev–Trinajstić information content (AvgIpc) is 3.06. The quantitative estimate of drug-likeness (QED) is 0.0452. The van der Waals surface area contributed by atoms with E-state index in [4.69, 9.17) is 28.4 Å². The molecule has 0 spiro atoms. The van der Waals surface area contributed by atoms with Gasteiger partial charge < -0.3 is 64.2 Å². The van der Waals surface area contributed by atoms with Crippen LogP contribution in [0, 0.1) is 0 Å². The fourth-order valence-corrected chi connectivity index (χ4v) is 5.16. The van der Waals surface area contributed by atoms with Gasteiger partial charge in [-0.25, -0.2) is 0 Å². The van der Waals surface area contributed by atoms with E-state index < -0.39 is 92.7 Å². The third-order valence-electron chi connectivity index (χ3n) is 8.09. The molecular formula is C32H56O15. The predicted molar refractivity (Wildman–Crippen MR) is 164 cm³/mol. The first-order valence-corrected chi connectivity index (χ1v) is 16.7. The number of carbonyl (C=O) groups is 2. The third kappa shape index (κ3) is 14.3. The summed E-state index contributed by atoms with van der Waals surface area (Å²) in [6, 6.07) is 0. The Morgan fingerprint density at radius 2 is 1.28 bits per heavy atom. The van der Waals surface area contributed by atoms with Crippen molar-refractivity contribution in [2.45, 2.75) is 152 Å². The minimum atomic E-state index is -1.76. The second-order valence-corrected chi connectivity index (χ2v) is 12.0. The van der Waals surface area contributed by atoms with Crippen molar-refractivity contribution in [2.75, 3.05) is 26.4 Å². The van der Waals surface area contributed by atoms with Crippen LogP contribution in [-0.2, 0) is 38.0 Å². The molecule has 2 aliphatic heterocycles. The van der Waals surface area contributed by atoms with E-state index in [1.807, 2.05) is 19.9 Å². The Kier molecular flexibility index (Phi) is 20.1. The highest BCUT2D eigenvalue weighted by Gasteiger charge is 2.47. The Labute approximate surface area is 276 Å². The van der Waals surface area contributed by atoms with Crippen LogP contribution in [0.5, 0.6) is 0 Å². The Bertz CT molecular complexity index is 902. The number of hydrogen-bond acceptors (Lipinski definition) is 15. The standard InChI is InChI=1S/C32H56O15/c1-3-5-7-8-9-10-11-13-14-23(34)42-17-20(45-24(35)15-12-6-4-2)18-43-31-30(41)28(39)26(37)22(47-31)19-44-32-29(40)27(38)25(36)21(16-33)46-32/h3,5,20-22,25-33,36-41H,4,6-19H2,1-2H3/b5-3-/t20-,21-,22-,25+,26+,27+,28+,29-,30-,31-,32+/m1/s1. The van der Waals surface area contributed by atoms with Gasteiger partial charge in [0, 0.05) is 12.8 Å². The van der Waals surface area contributed by atoms with Gasteiger partial charge in [-0.05, 0) is 32.6 Å². The Balaban J connectivity index is 1.92. The summed E-state index contributed by atoms with van der Waals surface area (Å²) >= 11 is 0. The molecule has 7 N–H and O–H groups in total. The van der Waals surface area contributed by atoms with E-state index in [1.165, 1.54) is 0 Å². The largest absolute Gasteiger partial charge is 0.462 e. The zero-order valence-electron chi connectivity index (χ0n) is 27.5. The second kappa shape index (κ2) is 22.8. The molecule has 15 nitrogen and oxygen atoms in total. The summed E-state index contributed by atoms with van der Waals surface area (Å²) in [7, 11) is 0. The maximum atomic E-state index is 12.4. The van der Waals surface area contributed by atoms with Gasteiger partial charge in [0.05, 0.1) is 19.8 Å². The number of unbranched alkanes of at least 4 members (excludes halogenated alkanes) is 7. The van der Waals surface area contributed by atoms with Gasteiger partial charge in [-0.2, -0.15) is 0 Å². The van der Waals surface area contributed by atoms with Crippen LogP contribution in [0.25, 0.3) is 0 Å². The molecule has 0 aromatic carbocycles. The first-order valence-electron chi connectivity index (χ1n) is 16.7. The van der Waals surface area contributed by atoms with Crippen LogP contribution < -0.4 is 0 Å². The lowest BCUT2D eigenvalue weighted by atomic mass is 9.98. The van der Waals surface area contributed by atoms with Crippen LogP contribution in [0.15, 0.2) is 12.2 Å². The molecule has 0 aromatic rings. The molecule has 15 heteroatoms. The van der Waals surface area contributed by atoms with E-state index in [9.17, 15) is 45.3 Å². The minimum absolute atomic E-state index is 0.150. The van der Waals surface area contributed by atoms with E-state index in [1.54, 1.807) is 0 Å². The van der Waals surface area contributed by atoms with E-state index in [0.29, 0.717) is 12.8 Å². The van der Waals surface area contributed by atoms with Crippen LogP contribution in [0.4, 0.5) is 0 Å². The van der Waals surface area contributed by atoms with E-state index in [-0.39, 0.29) is 26.1 Å². The molecule has 0 unspecified atom stereocenters. The maximum Gasteiger partial charge on any atom is 0.306 e. The zero-order chi connectivity index (χ0) is 34.8. The van der Waals surface area contributed by atoms with E-state index in [2.05, 4.69) is 6.08 Å². The summed E-state index contributed by atoms with van der Waals surface area (Å²) in [6.07, 6.45) is -4.21. The lowest BCUT2D eigenvalue weighted by Gasteiger charge is -2.42. The summed E-state index contributed by atoms with van der Waals surface area (Å²) < 4.78 is 32.8. The molecule has 274 valence electrons. The summed E-state index contributed by atoms with van der Waals surface area (Å²) in [5, 5.41) is 71.0. The van der Waals surface area contributed by atoms with Gasteiger partial charge in [0.15, 0.2) is 18.7 Å². The van der Waals surface area contributed by atoms with Crippen molar-refractivity contribution in [2.24, 2.45) is 0 Å². The third-order valence-corrected chi connectivity index (χ3v) is 8.09. The first kappa shape index (κ1) is 41.4. The number of aliphatic hydroxyl groups excluding tert-OH is 7. The number of ether oxygens (including phenoxy) is 6. The number of hydrogen-bond donors (Lipinski definition) is 7. The Morgan fingerprint density at radius 3 is 1.94 bits per heavy atom. The molecule has 0 amide bonds. The molecule has 0 bridgehead atoms. The molecule has 0 aromatic heterocycles. The van der Waals surface area contributed by atoms with Gasteiger partial charge in [0.2, 0.25) is 0 Å². The van der Waals surface area contributed by atoms with Gasteiger partial charge in [-0.1, -0.05) is 51.2 Å². The summed E-state index contributed by atoms with van der Waals surface area (Å²) in [5.74, 6) is -0.976. The van der Waals surface area contributed by atoms with Crippen LogP contribution >= 0.6 is 0 Å². The smallest absolute Gasteiger partial charge is 0.306 e. The van der Waals surface area contributed by atoms with Crippen LogP contribution in [-0.4, -0.2) is 142 Å². The van der Waals surface area contributed by atoms with Crippen molar-refractivity contribution >= 4 is 11.9 Å². The van der Waals surface area contributed by atoms with Gasteiger partial charge in [-0.3, -0.25) is 9.59 Å². The lowest BCUT2D eigenvalue weighted by Crippen LogP contribution is -2.61. The molecule has 0 aliphatic carbocycles. The van der Waals surface area contributed by atoms with Crippen molar-refractivity contribution in [1.82, 2.24) is 0 Å². The van der Waals surface area contributed by atoms with E-state index in [0.717, 1.165) is 44.9 Å². The molecule has 2 rings (SSSR count). The zero-order valence-corrected chi connectivity index (χ0v) is 27.5. The monoisotopic (exact) mass is 680 g/mol. The topological polar surface area (TPSA) is 231 Å². The van der Waals surface area contributed by atoms with Crippen LogP contribution in [0.1, 0.15) is 84.5 Å². The number of allylic oxidation sites excluding steroid dienone is 2. The molecule has 47 heavy (non-hydrogen) atoms. The fourth-order valence-electron chi connectivity index (χ4n) is 5.16. The van der Waals surface area contributed by atoms with Crippen molar-refractivity contribution < 1.29 is 73.8 Å². The normalized spacial score (nSPS) is 31.9. The highest BCUT2D eigenvalue weighted by atomic mass is 16.7. The molecule has 2 fully saturated rings. The highest BCUT2D eigenvalue weighted by Crippen LogP contribution is 2.26. The fraction of sp³-hybridized carbons (Fsp3) is 0.875. The maximum absolute atomic E-state index is 12.4. The van der Waals surface area contributed by atoms with Crippen molar-refractivity contribution in [3.05, 3.63) is 12.2 Å². The molecular weight excluding hydrogens is 624 g/mol. The number of carbonyl (C=O) groups excluding carboxylic acids is 2. The van der Waals surface area contributed by atoms with Crippen molar-refractivity contribution in [3.8, 4) is 0 Å². The van der Waals surface area contributed by atoms with Crippen molar-refractivity contribution in [1.29, 1.82) is 0 Å². The summed E-state index contributed by atoms with van der Waals surface area (Å²) in [5.41, 5.74) is 0. The van der Waals surface area contributed by atoms with Crippen LogP contribution in [0.3, 0.4) is 0 Å². The van der Waals surface area contributed by atoms with E-state index >= 15 is 0 Å². The second-order valence-electron chi connectivity index (χ2n) is 12.0. The van der Waals surface area contributed by atoms with Gasteiger partial charge in [0.25, 0.3) is 0 Å². The molecule has 2 aliphatic rings. The number of esters is 2. The average molecular weight is 681 g/mol. The summed E-state index contributed by atoms with van der Waals surface area (Å²) in [6.45, 7) is 2.09. The molecule has 0 radical (unpaired) electrons. The van der Waals surface area contributed by atoms with Crippen LogP contribution in [0.2, 0.25) is 0 Å². The predicted octanol–water partition coefficient (Wildman–Crippen LogP) is -0.0308. The minimum Gasteiger partial charge on any atom is -0.462 e. The lowest BCUT2D eigenvalue weighted by molar-refractivity contribution is -0.332. The SMILES string of the molecule is C/C=C\CCCCCCCC(=O)OC[C@H](CO[C@@H]1O[C@H](CO[C@H]2O[C@H](CO)[C@H](O)[C@H](O)[C@H]2O)[C@H](O)[C@H](O)[C@H]1O)OC(=O)CCCCC. The highest BCUT2D eigenvalue weighted by molar-refractivity contribution is 5.70. The Hall–Kier alpha value is -1.76.